The van der Waals surface area contributed by atoms with Gasteiger partial charge in [-0.3, -0.25) is 14.6 Å². The summed E-state index contributed by atoms with van der Waals surface area (Å²) in [5.41, 5.74) is 1.64. The smallest absolute Gasteiger partial charge is 0.252 e. The van der Waals surface area contributed by atoms with Gasteiger partial charge in [0.1, 0.15) is 5.75 Å². The molecule has 2 atom stereocenters. The number of aromatic nitrogens is 1. The number of amides is 1. The van der Waals surface area contributed by atoms with Crippen molar-refractivity contribution < 1.29 is 15.0 Å². The molecule has 2 aliphatic heterocycles. The van der Waals surface area contributed by atoms with E-state index in [2.05, 4.69) is 31.9 Å². The molecular formula is C33H48ClN5O3. The highest BCUT2D eigenvalue weighted by atomic mass is 35.5. The standard InChI is InChI=1S/C33H48ClN5O3/c1-2-27(34)19-29-23-38(32-31(41)18-26(21-35-32)33(42)36-20-24-6-4-3-5-7-24)16-17-39(29)28-12-14-37(15-13-28)22-25-8-10-30(40)11-9-25/h8-11,18,21,24,27-29,40-41H,2-7,12-17,19-20,22-23H2,1H3,(H,36,42)/t27?,29-/m0/s1. The molecule has 3 aliphatic rings. The first-order chi connectivity index (χ1) is 20.4. The summed E-state index contributed by atoms with van der Waals surface area (Å²) in [6.45, 7) is 8.25. The second-order valence-corrected chi connectivity index (χ2v) is 13.2. The minimum Gasteiger partial charge on any atom is -0.508 e. The van der Waals surface area contributed by atoms with Crippen molar-refractivity contribution in [2.75, 3.05) is 44.2 Å². The van der Waals surface area contributed by atoms with E-state index in [0.29, 0.717) is 35.6 Å². The molecule has 230 valence electrons. The molecule has 3 heterocycles. The van der Waals surface area contributed by atoms with Gasteiger partial charge < -0.3 is 20.4 Å². The fourth-order valence-corrected chi connectivity index (χ4v) is 7.23. The molecule has 5 rings (SSSR count). The van der Waals surface area contributed by atoms with E-state index in [-0.39, 0.29) is 23.1 Å². The number of rotatable bonds is 10. The number of anilines is 1. The van der Waals surface area contributed by atoms with Crippen molar-refractivity contribution in [1.29, 1.82) is 0 Å². The van der Waals surface area contributed by atoms with Gasteiger partial charge in [-0.05, 0) is 81.3 Å². The zero-order valence-electron chi connectivity index (χ0n) is 25.1. The lowest BCUT2D eigenvalue weighted by Gasteiger charge is -2.48. The molecule has 0 bridgehead atoms. The SMILES string of the molecule is CCC(Cl)C[C@H]1CN(c2ncc(C(=O)NCC3CCCCC3)cc2O)CCN1C1CCN(Cc2ccc(O)cc2)CC1. The van der Waals surface area contributed by atoms with E-state index >= 15 is 0 Å². The lowest BCUT2D eigenvalue weighted by atomic mass is 9.89. The van der Waals surface area contributed by atoms with Gasteiger partial charge in [0.15, 0.2) is 11.6 Å². The Morgan fingerprint density at radius 3 is 2.48 bits per heavy atom. The minimum atomic E-state index is -0.165. The van der Waals surface area contributed by atoms with Crippen LogP contribution in [0.3, 0.4) is 0 Å². The van der Waals surface area contributed by atoms with Gasteiger partial charge in [-0.25, -0.2) is 4.98 Å². The number of halogens is 1. The number of piperazine rings is 1. The molecule has 1 aliphatic carbocycles. The third-order valence-corrected chi connectivity index (χ3v) is 10.0. The summed E-state index contributed by atoms with van der Waals surface area (Å²) in [7, 11) is 0. The van der Waals surface area contributed by atoms with Gasteiger partial charge in [-0.2, -0.15) is 0 Å². The van der Waals surface area contributed by atoms with Crippen molar-refractivity contribution >= 4 is 23.3 Å². The Morgan fingerprint density at radius 1 is 1.05 bits per heavy atom. The number of phenolic OH excluding ortho intramolecular Hbond substituents is 1. The van der Waals surface area contributed by atoms with Crippen molar-refractivity contribution in [3.8, 4) is 11.5 Å². The Morgan fingerprint density at radius 2 is 1.79 bits per heavy atom. The van der Waals surface area contributed by atoms with Crippen LogP contribution >= 0.6 is 11.6 Å². The summed E-state index contributed by atoms with van der Waals surface area (Å²) in [5.74, 6) is 1.31. The van der Waals surface area contributed by atoms with Crippen LogP contribution in [0.25, 0.3) is 0 Å². The van der Waals surface area contributed by atoms with Crippen LogP contribution in [0, 0.1) is 5.92 Å². The highest BCUT2D eigenvalue weighted by molar-refractivity contribution is 6.20. The number of alkyl halides is 1. The Labute approximate surface area is 256 Å². The van der Waals surface area contributed by atoms with Gasteiger partial charge in [0, 0.05) is 56.4 Å². The summed E-state index contributed by atoms with van der Waals surface area (Å²) in [6.07, 6.45) is 11.8. The Kier molecular flexibility index (Phi) is 10.9. The number of aromatic hydroxyl groups is 2. The topological polar surface area (TPSA) is 92.2 Å². The van der Waals surface area contributed by atoms with Crippen LogP contribution in [0.5, 0.6) is 11.5 Å². The summed E-state index contributed by atoms with van der Waals surface area (Å²) >= 11 is 6.71. The minimum absolute atomic E-state index is 0.0629. The predicted octanol–water partition coefficient (Wildman–Crippen LogP) is 5.37. The molecule has 0 radical (unpaired) electrons. The van der Waals surface area contributed by atoms with Crippen molar-refractivity contribution in [1.82, 2.24) is 20.1 Å². The molecule has 1 amide bonds. The number of phenols is 1. The fraction of sp³-hybridized carbons (Fsp3) is 0.636. The van der Waals surface area contributed by atoms with E-state index in [1.165, 1.54) is 37.7 Å². The van der Waals surface area contributed by atoms with Gasteiger partial charge in [-0.1, -0.05) is 38.3 Å². The number of nitrogens with zero attached hydrogens (tertiary/aromatic N) is 4. The third-order valence-electron chi connectivity index (χ3n) is 9.55. The number of carbonyl (C=O) groups excluding carboxylic acids is 1. The fourth-order valence-electron chi connectivity index (χ4n) is 7.03. The Balaban J connectivity index is 1.18. The van der Waals surface area contributed by atoms with Crippen molar-refractivity contribution in [3.63, 3.8) is 0 Å². The summed E-state index contributed by atoms with van der Waals surface area (Å²) in [6, 6.07) is 9.87. The van der Waals surface area contributed by atoms with E-state index in [4.69, 9.17) is 11.6 Å². The van der Waals surface area contributed by atoms with E-state index in [1.54, 1.807) is 24.4 Å². The molecule has 2 aromatic rings. The third kappa shape index (κ3) is 8.08. The molecule has 3 fully saturated rings. The first-order valence-electron chi connectivity index (χ1n) is 16.0. The van der Waals surface area contributed by atoms with Crippen molar-refractivity contribution in [3.05, 3.63) is 47.7 Å². The molecule has 1 aromatic heterocycles. The van der Waals surface area contributed by atoms with Crippen LogP contribution in [0.1, 0.15) is 80.6 Å². The van der Waals surface area contributed by atoms with Gasteiger partial charge in [0.2, 0.25) is 0 Å². The Bertz CT molecular complexity index is 1150. The molecule has 9 heteroatoms. The van der Waals surface area contributed by atoms with Gasteiger partial charge in [-0.15, -0.1) is 11.6 Å². The zero-order valence-corrected chi connectivity index (χ0v) is 25.8. The molecule has 42 heavy (non-hydrogen) atoms. The summed E-state index contributed by atoms with van der Waals surface area (Å²) in [4.78, 5) is 24.7. The van der Waals surface area contributed by atoms with E-state index in [9.17, 15) is 15.0 Å². The van der Waals surface area contributed by atoms with E-state index in [0.717, 1.165) is 65.0 Å². The largest absolute Gasteiger partial charge is 0.508 e. The number of piperidine rings is 1. The molecule has 1 aromatic carbocycles. The van der Waals surface area contributed by atoms with Crippen molar-refractivity contribution in [2.45, 2.75) is 88.7 Å². The normalized spacial score (nSPS) is 22.2. The first-order valence-corrected chi connectivity index (χ1v) is 16.5. The maximum absolute atomic E-state index is 12.8. The Hall–Kier alpha value is -2.55. The van der Waals surface area contributed by atoms with Crippen LogP contribution in [0.2, 0.25) is 0 Å². The van der Waals surface area contributed by atoms with E-state index in [1.807, 2.05) is 12.1 Å². The highest BCUT2D eigenvalue weighted by Gasteiger charge is 2.35. The maximum atomic E-state index is 12.8. The quantitative estimate of drug-likeness (QED) is 0.317. The number of pyridine rings is 1. The number of benzene rings is 1. The lowest BCUT2D eigenvalue weighted by molar-refractivity contribution is 0.0587. The van der Waals surface area contributed by atoms with Crippen LogP contribution in [0.15, 0.2) is 36.5 Å². The van der Waals surface area contributed by atoms with Gasteiger partial charge in [0.05, 0.1) is 5.56 Å². The first kappa shape index (κ1) is 30.9. The highest BCUT2D eigenvalue weighted by Crippen LogP contribution is 2.32. The second kappa shape index (κ2) is 14.8. The number of nitrogens with one attached hydrogen (secondary N) is 1. The predicted molar refractivity (Wildman–Crippen MR) is 168 cm³/mol. The van der Waals surface area contributed by atoms with Crippen molar-refractivity contribution in [2.24, 2.45) is 5.92 Å². The van der Waals surface area contributed by atoms with Crippen LogP contribution in [-0.2, 0) is 6.54 Å². The molecule has 1 unspecified atom stereocenters. The summed E-state index contributed by atoms with van der Waals surface area (Å²) < 4.78 is 0. The molecule has 1 saturated carbocycles. The molecule has 2 saturated heterocycles. The molecule has 3 N–H and O–H groups in total. The number of hydrogen-bond donors (Lipinski definition) is 3. The van der Waals surface area contributed by atoms with Crippen LogP contribution in [-0.4, -0.2) is 87.6 Å². The molecular weight excluding hydrogens is 550 g/mol. The van der Waals surface area contributed by atoms with Crippen LogP contribution in [0.4, 0.5) is 5.82 Å². The molecule has 0 spiro atoms. The van der Waals surface area contributed by atoms with Crippen LogP contribution < -0.4 is 10.2 Å². The number of hydrogen-bond acceptors (Lipinski definition) is 7. The lowest BCUT2D eigenvalue weighted by Crippen LogP contribution is -2.59. The maximum Gasteiger partial charge on any atom is 0.252 e. The molecule has 8 nitrogen and oxygen atoms in total. The number of carbonyl (C=O) groups is 1. The van der Waals surface area contributed by atoms with Gasteiger partial charge >= 0.3 is 0 Å². The zero-order chi connectivity index (χ0) is 29.5. The average molecular weight is 598 g/mol. The van der Waals surface area contributed by atoms with Gasteiger partial charge in [0.25, 0.3) is 5.91 Å². The van der Waals surface area contributed by atoms with E-state index < -0.39 is 0 Å². The summed E-state index contributed by atoms with van der Waals surface area (Å²) in [5, 5.41) is 23.7. The second-order valence-electron chi connectivity index (χ2n) is 12.5. The average Bonchev–Trinajstić information content (AvgIpc) is 3.02. The number of likely N-dealkylation sites (tertiary alicyclic amines) is 1. The monoisotopic (exact) mass is 597 g/mol.